The summed E-state index contributed by atoms with van der Waals surface area (Å²) in [6.45, 7) is 5.83. The highest BCUT2D eigenvalue weighted by Crippen LogP contribution is 2.25. The minimum absolute atomic E-state index is 0.0593. The second-order valence-corrected chi connectivity index (χ2v) is 7.30. The molecule has 0 saturated carbocycles. The topological polar surface area (TPSA) is 90.1 Å². The smallest absolute Gasteiger partial charge is 0.273 e. The molecule has 0 aliphatic carbocycles. The molecule has 0 saturated heterocycles. The van der Waals surface area contributed by atoms with Crippen molar-refractivity contribution in [3.63, 3.8) is 0 Å². The summed E-state index contributed by atoms with van der Waals surface area (Å²) < 4.78 is 1.90. The van der Waals surface area contributed by atoms with Gasteiger partial charge in [-0.05, 0) is 44.4 Å². The number of aromatic nitrogens is 2. The summed E-state index contributed by atoms with van der Waals surface area (Å²) in [6, 6.07) is 10.4. The van der Waals surface area contributed by atoms with E-state index in [1.165, 1.54) is 12.1 Å². The summed E-state index contributed by atoms with van der Waals surface area (Å²) in [5.41, 5.74) is 2.53. The van der Waals surface area contributed by atoms with Crippen LogP contribution in [-0.2, 0) is 0 Å². The predicted molar refractivity (Wildman–Crippen MR) is 104 cm³/mol. The number of nitro groups is 1. The number of carbonyl (C=O) groups excluding carboxylic acids is 1. The van der Waals surface area contributed by atoms with Gasteiger partial charge in [0.1, 0.15) is 6.04 Å². The molecule has 0 aliphatic rings. The van der Waals surface area contributed by atoms with Crippen LogP contribution in [0.25, 0.3) is 0 Å². The van der Waals surface area contributed by atoms with Crippen LogP contribution in [0.4, 0.5) is 5.69 Å². The van der Waals surface area contributed by atoms with Gasteiger partial charge in [-0.1, -0.05) is 12.1 Å². The van der Waals surface area contributed by atoms with Gasteiger partial charge in [0.2, 0.25) is 0 Å². The Balaban J connectivity index is 1.84. The van der Waals surface area contributed by atoms with Gasteiger partial charge in [0, 0.05) is 34.3 Å². The Morgan fingerprint density at radius 3 is 2.67 bits per heavy atom. The molecule has 0 fully saturated rings. The van der Waals surface area contributed by atoms with E-state index in [0.717, 1.165) is 16.3 Å². The first-order valence-corrected chi connectivity index (χ1v) is 9.34. The summed E-state index contributed by atoms with van der Waals surface area (Å²) in [4.78, 5) is 24.4. The van der Waals surface area contributed by atoms with E-state index in [0.29, 0.717) is 17.7 Å². The third-order valence-electron chi connectivity index (χ3n) is 4.41. The van der Waals surface area contributed by atoms with Crippen LogP contribution in [-0.4, -0.2) is 27.2 Å². The number of hydrogen-bond donors (Lipinski definition) is 1. The number of aryl methyl sites for hydroxylation is 2. The normalized spacial score (nSPS) is 12.0. The maximum atomic E-state index is 12.7. The molecule has 1 aromatic carbocycles. The van der Waals surface area contributed by atoms with Crippen LogP contribution in [0.3, 0.4) is 0 Å². The number of amides is 1. The van der Waals surface area contributed by atoms with Crippen LogP contribution in [0, 0.1) is 30.9 Å². The molecule has 1 N–H and O–H groups in total. The molecule has 140 valence electrons. The fourth-order valence-electron chi connectivity index (χ4n) is 3.10. The Hall–Kier alpha value is -3.00. The van der Waals surface area contributed by atoms with Gasteiger partial charge < -0.3 is 5.32 Å². The Kier molecular flexibility index (Phi) is 5.36. The van der Waals surface area contributed by atoms with E-state index in [1.807, 2.05) is 42.1 Å². The van der Waals surface area contributed by atoms with Crippen molar-refractivity contribution in [1.82, 2.24) is 15.1 Å². The van der Waals surface area contributed by atoms with Gasteiger partial charge in [-0.25, -0.2) is 0 Å². The average molecular weight is 384 g/mol. The summed E-state index contributed by atoms with van der Waals surface area (Å²) >= 11 is 1.60. The van der Waals surface area contributed by atoms with Gasteiger partial charge in [0.15, 0.2) is 0 Å². The molecular formula is C19H20N4O3S. The lowest BCUT2D eigenvalue weighted by Gasteiger charge is -2.19. The van der Waals surface area contributed by atoms with Crippen molar-refractivity contribution < 1.29 is 9.72 Å². The quantitative estimate of drug-likeness (QED) is 0.517. The highest BCUT2D eigenvalue weighted by atomic mass is 32.1. The molecule has 2 heterocycles. The molecule has 3 aromatic rings. The van der Waals surface area contributed by atoms with E-state index in [1.54, 1.807) is 24.3 Å². The van der Waals surface area contributed by atoms with Crippen LogP contribution >= 0.6 is 11.3 Å². The second kappa shape index (κ2) is 7.71. The Morgan fingerprint density at radius 2 is 2.07 bits per heavy atom. The van der Waals surface area contributed by atoms with Gasteiger partial charge in [-0.15, -0.1) is 11.3 Å². The zero-order chi connectivity index (χ0) is 19.6. The lowest BCUT2D eigenvalue weighted by Crippen LogP contribution is -2.32. The molecule has 2 aromatic heterocycles. The van der Waals surface area contributed by atoms with Crippen molar-refractivity contribution in [2.45, 2.75) is 26.8 Å². The number of nitrogens with one attached hydrogen (secondary N) is 1. The molecule has 1 amide bonds. The molecule has 0 spiro atoms. The first-order chi connectivity index (χ1) is 12.9. The highest BCUT2D eigenvalue weighted by molar-refractivity contribution is 7.10. The van der Waals surface area contributed by atoms with Gasteiger partial charge in [0.25, 0.3) is 11.6 Å². The van der Waals surface area contributed by atoms with Crippen molar-refractivity contribution in [2.75, 3.05) is 6.54 Å². The summed E-state index contributed by atoms with van der Waals surface area (Å²) in [6.07, 6.45) is 0. The molecule has 3 rings (SSSR count). The Morgan fingerprint density at radius 1 is 1.30 bits per heavy atom. The van der Waals surface area contributed by atoms with Gasteiger partial charge >= 0.3 is 0 Å². The molecular weight excluding hydrogens is 364 g/mol. The summed E-state index contributed by atoms with van der Waals surface area (Å²) in [5, 5.41) is 20.6. The molecule has 1 unspecified atom stereocenters. The van der Waals surface area contributed by atoms with Crippen molar-refractivity contribution in [1.29, 1.82) is 0 Å². The van der Waals surface area contributed by atoms with Crippen LogP contribution in [0.2, 0.25) is 0 Å². The average Bonchev–Trinajstić information content (AvgIpc) is 3.25. The van der Waals surface area contributed by atoms with E-state index >= 15 is 0 Å². The molecule has 0 aliphatic heterocycles. The number of benzene rings is 1. The molecule has 0 bridgehead atoms. The lowest BCUT2D eigenvalue weighted by molar-refractivity contribution is -0.385. The van der Waals surface area contributed by atoms with Crippen LogP contribution in [0.5, 0.6) is 0 Å². The van der Waals surface area contributed by atoms with E-state index in [-0.39, 0.29) is 17.6 Å². The molecule has 7 nitrogen and oxygen atoms in total. The summed E-state index contributed by atoms with van der Waals surface area (Å²) in [7, 11) is 0. The van der Waals surface area contributed by atoms with Gasteiger partial charge in [-0.2, -0.15) is 5.10 Å². The monoisotopic (exact) mass is 384 g/mol. The summed E-state index contributed by atoms with van der Waals surface area (Å²) in [5.74, 6) is -0.334. The maximum Gasteiger partial charge on any atom is 0.273 e. The fourth-order valence-corrected chi connectivity index (χ4v) is 3.91. The number of thiophene rings is 1. The zero-order valence-corrected chi connectivity index (χ0v) is 16.1. The zero-order valence-electron chi connectivity index (χ0n) is 15.3. The minimum Gasteiger partial charge on any atom is -0.349 e. The first-order valence-electron chi connectivity index (χ1n) is 8.47. The van der Waals surface area contributed by atoms with Gasteiger partial charge in [0.05, 0.1) is 10.6 Å². The molecule has 8 heteroatoms. The van der Waals surface area contributed by atoms with Crippen molar-refractivity contribution in [3.05, 3.63) is 79.3 Å². The van der Waals surface area contributed by atoms with Crippen LogP contribution < -0.4 is 5.32 Å². The van der Waals surface area contributed by atoms with E-state index in [9.17, 15) is 14.9 Å². The number of rotatable bonds is 6. The van der Waals surface area contributed by atoms with Crippen molar-refractivity contribution in [2.24, 2.45) is 0 Å². The van der Waals surface area contributed by atoms with E-state index in [2.05, 4.69) is 10.4 Å². The van der Waals surface area contributed by atoms with E-state index < -0.39 is 4.92 Å². The SMILES string of the molecule is Cc1cc(C)n(C(CNC(=O)c2cccc([N+](=O)[O-])c2C)c2cccs2)n1. The van der Waals surface area contributed by atoms with Crippen molar-refractivity contribution in [3.8, 4) is 0 Å². The number of hydrogen-bond acceptors (Lipinski definition) is 5. The Bertz CT molecular complexity index is 979. The fraction of sp³-hybridized carbons (Fsp3) is 0.263. The predicted octanol–water partition coefficient (Wildman–Crippen LogP) is 3.80. The Labute approximate surface area is 160 Å². The van der Waals surface area contributed by atoms with E-state index in [4.69, 9.17) is 0 Å². The second-order valence-electron chi connectivity index (χ2n) is 6.32. The lowest BCUT2D eigenvalue weighted by atomic mass is 10.1. The molecule has 27 heavy (non-hydrogen) atoms. The highest BCUT2D eigenvalue weighted by Gasteiger charge is 2.22. The van der Waals surface area contributed by atoms with Gasteiger partial charge in [-0.3, -0.25) is 19.6 Å². The minimum atomic E-state index is -0.476. The maximum absolute atomic E-state index is 12.7. The third-order valence-corrected chi connectivity index (χ3v) is 5.39. The number of carbonyl (C=O) groups is 1. The van der Waals surface area contributed by atoms with Crippen LogP contribution in [0.15, 0.2) is 41.8 Å². The number of nitrogens with zero attached hydrogens (tertiary/aromatic N) is 3. The third kappa shape index (κ3) is 3.90. The van der Waals surface area contributed by atoms with Crippen LogP contribution in [0.1, 0.15) is 38.2 Å². The first kappa shape index (κ1) is 18.8. The number of nitro benzene ring substituents is 1. The largest absolute Gasteiger partial charge is 0.349 e. The molecule has 0 radical (unpaired) electrons. The standard InChI is InChI=1S/C19H20N4O3S/c1-12-10-13(2)22(21-12)17(18-8-5-9-27-18)11-20-19(24)15-6-4-7-16(14(15)3)23(25)26/h4-10,17H,11H2,1-3H3,(H,20,24). The van der Waals surface area contributed by atoms with Crippen molar-refractivity contribution >= 4 is 22.9 Å². The molecule has 1 atom stereocenters.